The van der Waals surface area contributed by atoms with E-state index in [2.05, 4.69) is 63.3 Å². The van der Waals surface area contributed by atoms with Crippen LogP contribution in [0.5, 0.6) is 0 Å². The molecule has 5 heteroatoms. The smallest absolute Gasteiger partial charge is 0.322 e. The predicted octanol–water partition coefficient (Wildman–Crippen LogP) is 5.90. The highest BCUT2D eigenvalue weighted by molar-refractivity contribution is 5.95. The van der Waals surface area contributed by atoms with Gasteiger partial charge in [0.2, 0.25) is 5.91 Å². The first kappa shape index (κ1) is 23.3. The average molecular weight is 448 g/mol. The lowest BCUT2D eigenvalue weighted by Gasteiger charge is -2.39. The number of carbonyl (C=O) groups is 2. The minimum Gasteiger partial charge on any atom is -0.341 e. The molecule has 2 aliphatic heterocycles. The zero-order chi connectivity index (χ0) is 23.5. The third-order valence-electron chi connectivity index (χ3n) is 7.07. The first-order valence-corrected chi connectivity index (χ1v) is 12.4. The Morgan fingerprint density at radius 1 is 0.848 bits per heavy atom. The van der Waals surface area contributed by atoms with E-state index in [0.29, 0.717) is 13.0 Å². The average Bonchev–Trinajstić information content (AvgIpc) is 2.83. The molecule has 0 spiro atoms. The molecule has 2 aromatic carbocycles. The Balaban J connectivity index is 1.66. The third-order valence-corrected chi connectivity index (χ3v) is 7.07. The lowest BCUT2D eigenvalue weighted by atomic mass is 9.92. The van der Waals surface area contributed by atoms with Crippen LogP contribution in [0.3, 0.4) is 0 Å². The van der Waals surface area contributed by atoms with Crippen molar-refractivity contribution in [3.63, 3.8) is 0 Å². The van der Waals surface area contributed by atoms with E-state index in [9.17, 15) is 9.59 Å². The van der Waals surface area contributed by atoms with Crippen LogP contribution in [-0.4, -0.2) is 40.9 Å². The number of likely N-dealkylation sites (tertiary alicyclic amines) is 1. The summed E-state index contributed by atoms with van der Waals surface area (Å²) in [6.45, 7) is 10.6. The van der Waals surface area contributed by atoms with Gasteiger partial charge in [-0.3, -0.25) is 4.79 Å². The number of amides is 3. The van der Waals surface area contributed by atoms with E-state index < -0.39 is 6.04 Å². The van der Waals surface area contributed by atoms with Crippen molar-refractivity contribution in [2.24, 2.45) is 0 Å². The molecule has 3 amide bonds. The van der Waals surface area contributed by atoms with Gasteiger partial charge in [-0.05, 0) is 53.4 Å². The van der Waals surface area contributed by atoms with Crippen LogP contribution < -0.4 is 5.32 Å². The summed E-state index contributed by atoms with van der Waals surface area (Å²) in [5.41, 5.74) is 5.45. The van der Waals surface area contributed by atoms with Gasteiger partial charge in [0.1, 0.15) is 6.04 Å². The molecule has 2 heterocycles. The first-order chi connectivity index (χ1) is 15.9. The molecule has 5 nitrogen and oxygen atoms in total. The van der Waals surface area contributed by atoms with Gasteiger partial charge in [-0.2, -0.15) is 0 Å². The topological polar surface area (TPSA) is 52.7 Å². The molecule has 2 aliphatic rings. The molecular weight excluding hydrogens is 410 g/mol. The van der Waals surface area contributed by atoms with Gasteiger partial charge in [0.15, 0.2) is 0 Å². The monoisotopic (exact) mass is 447 g/mol. The summed E-state index contributed by atoms with van der Waals surface area (Å²) in [5, 5.41) is 3.25. The van der Waals surface area contributed by atoms with Crippen LogP contribution in [0, 0.1) is 0 Å². The van der Waals surface area contributed by atoms with Crippen molar-refractivity contribution in [2.75, 3.05) is 18.4 Å². The predicted molar refractivity (Wildman–Crippen MR) is 134 cm³/mol. The fourth-order valence-electron chi connectivity index (χ4n) is 5.16. The second kappa shape index (κ2) is 9.98. The summed E-state index contributed by atoms with van der Waals surface area (Å²) in [4.78, 5) is 31.1. The van der Waals surface area contributed by atoms with Crippen molar-refractivity contribution in [1.82, 2.24) is 9.80 Å². The summed E-state index contributed by atoms with van der Waals surface area (Å²) in [5.74, 6) is 0.652. The van der Waals surface area contributed by atoms with Crippen molar-refractivity contribution in [1.29, 1.82) is 0 Å². The highest BCUT2D eigenvalue weighted by Gasteiger charge is 2.37. The second-order valence-electron chi connectivity index (χ2n) is 10.1. The molecule has 0 bridgehead atoms. The van der Waals surface area contributed by atoms with E-state index in [1.165, 1.54) is 12.0 Å². The van der Waals surface area contributed by atoms with Crippen molar-refractivity contribution < 1.29 is 9.59 Å². The van der Waals surface area contributed by atoms with Gasteiger partial charge in [0.25, 0.3) is 0 Å². The standard InChI is InChI=1S/C28H37N3O2/c1-19(2)23-13-10-14-24(20(3)4)26(23)29-28(33)31-18-22-12-7-6-11-21(22)17-25(31)27(32)30-15-8-5-9-16-30/h6-7,10-14,19-20,25H,5,8-9,15-18H2,1-4H3,(H,29,33). The number of fused-ring (bicyclic) bond motifs is 1. The quantitative estimate of drug-likeness (QED) is 0.634. The number of para-hydroxylation sites is 1. The fourth-order valence-corrected chi connectivity index (χ4v) is 5.16. The summed E-state index contributed by atoms with van der Waals surface area (Å²) >= 11 is 0. The number of anilines is 1. The van der Waals surface area contributed by atoms with Crippen LogP contribution in [0.25, 0.3) is 0 Å². The molecule has 0 radical (unpaired) electrons. The normalized spacial score (nSPS) is 18.4. The Morgan fingerprint density at radius 3 is 2.06 bits per heavy atom. The van der Waals surface area contributed by atoms with E-state index in [1.54, 1.807) is 4.90 Å². The maximum atomic E-state index is 13.8. The molecule has 1 N–H and O–H groups in total. The number of hydrogen-bond acceptors (Lipinski definition) is 2. The van der Waals surface area contributed by atoms with Crippen LogP contribution in [-0.2, 0) is 17.8 Å². The molecule has 2 aromatic rings. The molecule has 4 rings (SSSR count). The number of urea groups is 1. The number of carbonyl (C=O) groups excluding carboxylic acids is 2. The highest BCUT2D eigenvalue weighted by Crippen LogP contribution is 2.33. The van der Waals surface area contributed by atoms with E-state index >= 15 is 0 Å². The van der Waals surface area contributed by atoms with Crippen LogP contribution in [0.15, 0.2) is 42.5 Å². The van der Waals surface area contributed by atoms with Gasteiger partial charge in [0, 0.05) is 31.7 Å². The number of piperidine rings is 1. The van der Waals surface area contributed by atoms with Crippen molar-refractivity contribution in [2.45, 2.75) is 77.8 Å². The van der Waals surface area contributed by atoms with Crippen LogP contribution in [0.1, 0.15) is 81.0 Å². The lowest BCUT2D eigenvalue weighted by Crippen LogP contribution is -2.55. The van der Waals surface area contributed by atoms with Gasteiger partial charge in [-0.25, -0.2) is 4.79 Å². The molecule has 1 atom stereocenters. The SMILES string of the molecule is CC(C)c1cccc(C(C)C)c1NC(=O)N1Cc2ccccc2CC1C(=O)N1CCCCC1. The molecule has 0 aromatic heterocycles. The number of rotatable bonds is 4. The van der Waals surface area contributed by atoms with Crippen molar-refractivity contribution in [3.8, 4) is 0 Å². The summed E-state index contributed by atoms with van der Waals surface area (Å²) in [6.07, 6.45) is 3.83. The Morgan fingerprint density at radius 2 is 1.45 bits per heavy atom. The minimum atomic E-state index is -0.466. The zero-order valence-corrected chi connectivity index (χ0v) is 20.4. The second-order valence-corrected chi connectivity index (χ2v) is 10.1. The van der Waals surface area contributed by atoms with Gasteiger partial charge < -0.3 is 15.1 Å². The zero-order valence-electron chi connectivity index (χ0n) is 20.4. The lowest BCUT2D eigenvalue weighted by molar-refractivity contribution is -0.137. The maximum Gasteiger partial charge on any atom is 0.322 e. The maximum absolute atomic E-state index is 13.8. The fraction of sp³-hybridized carbons (Fsp3) is 0.500. The molecule has 0 aliphatic carbocycles. The van der Waals surface area contributed by atoms with Crippen molar-refractivity contribution >= 4 is 17.6 Å². The van der Waals surface area contributed by atoms with Gasteiger partial charge >= 0.3 is 6.03 Å². The van der Waals surface area contributed by atoms with Crippen LogP contribution in [0.4, 0.5) is 10.5 Å². The van der Waals surface area contributed by atoms with Crippen LogP contribution >= 0.6 is 0 Å². The van der Waals surface area contributed by atoms with E-state index in [-0.39, 0.29) is 23.8 Å². The third kappa shape index (κ3) is 4.92. The van der Waals surface area contributed by atoms with E-state index in [4.69, 9.17) is 0 Å². The summed E-state index contributed by atoms with van der Waals surface area (Å²) in [7, 11) is 0. The molecule has 1 fully saturated rings. The molecule has 33 heavy (non-hydrogen) atoms. The molecule has 1 saturated heterocycles. The number of nitrogens with zero attached hydrogens (tertiary/aromatic N) is 2. The summed E-state index contributed by atoms with van der Waals surface area (Å²) < 4.78 is 0. The Bertz CT molecular complexity index is 982. The number of nitrogens with one attached hydrogen (secondary N) is 1. The Kier molecular flexibility index (Phi) is 7.06. The number of benzene rings is 2. The molecule has 176 valence electrons. The minimum absolute atomic E-state index is 0.0839. The van der Waals surface area contributed by atoms with Crippen molar-refractivity contribution in [3.05, 3.63) is 64.7 Å². The number of hydrogen-bond donors (Lipinski definition) is 1. The largest absolute Gasteiger partial charge is 0.341 e. The molecular formula is C28H37N3O2. The Labute approximate surface area is 198 Å². The summed E-state index contributed by atoms with van der Waals surface area (Å²) in [6, 6.07) is 13.8. The highest BCUT2D eigenvalue weighted by atomic mass is 16.2. The molecule has 1 unspecified atom stereocenters. The van der Waals surface area contributed by atoms with Gasteiger partial charge in [0.05, 0.1) is 0 Å². The van der Waals surface area contributed by atoms with Gasteiger partial charge in [-0.1, -0.05) is 70.2 Å². The van der Waals surface area contributed by atoms with E-state index in [0.717, 1.165) is 48.3 Å². The van der Waals surface area contributed by atoms with Crippen LogP contribution in [0.2, 0.25) is 0 Å². The first-order valence-electron chi connectivity index (χ1n) is 12.4. The molecule has 0 saturated carbocycles. The van der Waals surface area contributed by atoms with Gasteiger partial charge in [-0.15, -0.1) is 0 Å². The van der Waals surface area contributed by atoms with E-state index in [1.807, 2.05) is 17.0 Å². The Hall–Kier alpha value is -2.82.